The van der Waals surface area contributed by atoms with Gasteiger partial charge in [0.25, 0.3) is 5.91 Å². The van der Waals surface area contributed by atoms with Crippen molar-refractivity contribution in [1.29, 1.82) is 0 Å². The number of hydrogen-bond donors (Lipinski definition) is 2. The molecule has 2 aromatic carbocycles. The summed E-state index contributed by atoms with van der Waals surface area (Å²) in [5.74, 6) is 0.0191. The van der Waals surface area contributed by atoms with Crippen LogP contribution < -0.4 is 10.6 Å². The van der Waals surface area contributed by atoms with Crippen LogP contribution in [0.3, 0.4) is 0 Å². The Morgan fingerprint density at radius 2 is 2.03 bits per heavy atom. The summed E-state index contributed by atoms with van der Waals surface area (Å²) < 4.78 is 31.2. The van der Waals surface area contributed by atoms with E-state index in [1.165, 1.54) is 11.3 Å². The molecule has 1 atom stereocenters. The van der Waals surface area contributed by atoms with Gasteiger partial charge in [-0.15, -0.1) is 0 Å². The predicted octanol–water partition coefficient (Wildman–Crippen LogP) is 4.99. The molecular formula is C28H31F2N5OS. The number of nitrogens with one attached hydrogen (secondary N) is 2. The van der Waals surface area contributed by atoms with Gasteiger partial charge in [-0.25, -0.2) is 13.8 Å². The Balaban J connectivity index is 1.12. The largest absolute Gasteiger partial charge is 0.352 e. The van der Waals surface area contributed by atoms with Gasteiger partial charge in [-0.1, -0.05) is 17.4 Å². The Kier molecular flexibility index (Phi) is 6.92. The first-order chi connectivity index (χ1) is 18.0. The van der Waals surface area contributed by atoms with Crippen LogP contribution in [0.5, 0.6) is 0 Å². The Morgan fingerprint density at radius 3 is 2.81 bits per heavy atom. The minimum Gasteiger partial charge on any atom is -0.352 e. The van der Waals surface area contributed by atoms with Crippen LogP contribution in [0.2, 0.25) is 0 Å². The summed E-state index contributed by atoms with van der Waals surface area (Å²) in [6, 6.07) is 11.1. The lowest BCUT2D eigenvalue weighted by Gasteiger charge is -2.28. The third kappa shape index (κ3) is 5.12. The van der Waals surface area contributed by atoms with Crippen molar-refractivity contribution in [3.05, 3.63) is 59.5 Å². The van der Waals surface area contributed by atoms with Gasteiger partial charge in [-0.05, 0) is 80.6 Å². The maximum atomic E-state index is 15.0. The number of piperidine rings is 1. The number of likely N-dealkylation sites (tertiary alicyclic amines) is 1. The third-order valence-corrected chi connectivity index (χ3v) is 8.63. The quantitative estimate of drug-likeness (QED) is 0.335. The topological polar surface area (TPSA) is 61.7 Å². The number of carbonyl (C=O) groups excluding carboxylic acids is 1. The number of benzene rings is 2. The molecule has 4 heterocycles. The molecule has 0 aliphatic carbocycles. The summed E-state index contributed by atoms with van der Waals surface area (Å²) in [5, 5.41) is 6.33. The van der Waals surface area contributed by atoms with E-state index in [0.717, 1.165) is 66.3 Å². The lowest BCUT2D eigenvalue weighted by molar-refractivity contribution is 0.0950. The maximum Gasteiger partial charge on any atom is 0.251 e. The van der Waals surface area contributed by atoms with E-state index in [2.05, 4.69) is 15.5 Å². The highest BCUT2D eigenvalue weighted by molar-refractivity contribution is 7.23. The average molecular weight is 524 g/mol. The van der Waals surface area contributed by atoms with E-state index in [4.69, 9.17) is 4.98 Å². The van der Waals surface area contributed by atoms with Crippen LogP contribution in [0.25, 0.3) is 26.4 Å². The summed E-state index contributed by atoms with van der Waals surface area (Å²) in [6.45, 7) is 4.92. The van der Waals surface area contributed by atoms with E-state index in [0.29, 0.717) is 42.1 Å². The fourth-order valence-corrected chi connectivity index (χ4v) is 6.48. The van der Waals surface area contributed by atoms with Crippen LogP contribution in [-0.2, 0) is 0 Å². The highest BCUT2D eigenvalue weighted by atomic mass is 32.1. The zero-order valence-corrected chi connectivity index (χ0v) is 21.5. The summed E-state index contributed by atoms with van der Waals surface area (Å²) in [5.41, 5.74) is 3.70. The predicted molar refractivity (Wildman–Crippen MR) is 144 cm³/mol. The minimum absolute atomic E-state index is 0.101. The first-order valence-corrected chi connectivity index (χ1v) is 13.9. The van der Waals surface area contributed by atoms with Gasteiger partial charge in [0.2, 0.25) is 0 Å². The van der Waals surface area contributed by atoms with Gasteiger partial charge in [0.1, 0.15) is 12.0 Å². The molecule has 0 saturated carbocycles. The van der Waals surface area contributed by atoms with E-state index < -0.39 is 6.17 Å². The average Bonchev–Trinajstić information content (AvgIpc) is 3.64. The number of carbonyl (C=O) groups is 1. The lowest BCUT2D eigenvalue weighted by atomic mass is 9.96. The normalized spacial score (nSPS) is 19.2. The molecule has 6 rings (SSSR count). The second kappa shape index (κ2) is 10.5. The Labute approximate surface area is 218 Å². The number of alkyl halides is 1. The third-order valence-electron chi connectivity index (χ3n) is 7.61. The Hall–Kier alpha value is -2.88. The Morgan fingerprint density at radius 1 is 1.16 bits per heavy atom. The number of rotatable bonds is 7. The molecule has 194 valence electrons. The van der Waals surface area contributed by atoms with Gasteiger partial charge in [-0.3, -0.25) is 9.20 Å². The molecule has 2 aliphatic heterocycles. The summed E-state index contributed by atoms with van der Waals surface area (Å²) in [6.07, 6.45) is 4.30. The molecule has 2 saturated heterocycles. The van der Waals surface area contributed by atoms with Gasteiger partial charge < -0.3 is 15.5 Å². The SMILES string of the molecule is O=C(NCCCN1CCC(F)CC1)c1ccc2c(c1)sc1nc(-c3ccc(C4CCNC4)cc3F)cn12. The molecular weight excluding hydrogens is 492 g/mol. The summed E-state index contributed by atoms with van der Waals surface area (Å²) >= 11 is 1.49. The van der Waals surface area contributed by atoms with Crippen molar-refractivity contribution in [2.24, 2.45) is 0 Å². The summed E-state index contributed by atoms with van der Waals surface area (Å²) in [7, 11) is 0. The molecule has 2 aromatic heterocycles. The molecule has 2 fully saturated rings. The first kappa shape index (κ1) is 24.5. The number of fused-ring (bicyclic) bond motifs is 3. The lowest BCUT2D eigenvalue weighted by Crippen LogP contribution is -2.36. The van der Waals surface area contributed by atoms with Crippen molar-refractivity contribution in [1.82, 2.24) is 24.9 Å². The second-order valence-electron chi connectivity index (χ2n) is 10.1. The number of imidazole rings is 1. The number of amides is 1. The highest BCUT2D eigenvalue weighted by Gasteiger charge is 2.20. The zero-order chi connectivity index (χ0) is 25.4. The van der Waals surface area contributed by atoms with Gasteiger partial charge >= 0.3 is 0 Å². The molecule has 0 bridgehead atoms. The van der Waals surface area contributed by atoms with E-state index in [1.807, 2.05) is 40.9 Å². The van der Waals surface area contributed by atoms with Crippen molar-refractivity contribution in [3.8, 4) is 11.3 Å². The van der Waals surface area contributed by atoms with Crippen LogP contribution in [0.15, 0.2) is 42.6 Å². The van der Waals surface area contributed by atoms with Crippen molar-refractivity contribution in [3.63, 3.8) is 0 Å². The fraction of sp³-hybridized carbons (Fsp3) is 0.429. The van der Waals surface area contributed by atoms with Crippen LogP contribution in [0.1, 0.15) is 47.5 Å². The molecule has 2 aliphatic rings. The summed E-state index contributed by atoms with van der Waals surface area (Å²) in [4.78, 5) is 20.4. The molecule has 2 N–H and O–H groups in total. The van der Waals surface area contributed by atoms with Crippen molar-refractivity contribution in [2.45, 2.75) is 37.8 Å². The highest BCUT2D eigenvalue weighted by Crippen LogP contribution is 2.32. The molecule has 6 nitrogen and oxygen atoms in total. The maximum absolute atomic E-state index is 15.0. The number of thiazole rings is 1. The fourth-order valence-electron chi connectivity index (χ4n) is 5.44. The second-order valence-corrected chi connectivity index (χ2v) is 11.1. The minimum atomic E-state index is -0.663. The number of aromatic nitrogens is 2. The van der Waals surface area contributed by atoms with Gasteiger partial charge in [0.15, 0.2) is 4.96 Å². The molecule has 1 unspecified atom stereocenters. The number of halogens is 2. The standard InChI is InChI=1S/C28H31F2N5OS/c29-21-7-12-34(13-8-21)11-1-9-32-27(36)19-3-5-25-26(15-19)37-28-33-24(17-35(25)28)22-4-2-18(14-23(22)30)20-6-10-31-16-20/h2-5,14-15,17,20-21,31H,1,6-13,16H2,(H,32,36). The monoisotopic (exact) mass is 523 g/mol. The van der Waals surface area contributed by atoms with E-state index in [-0.39, 0.29) is 11.7 Å². The smallest absolute Gasteiger partial charge is 0.251 e. The van der Waals surface area contributed by atoms with E-state index in [9.17, 15) is 13.6 Å². The van der Waals surface area contributed by atoms with Crippen LogP contribution >= 0.6 is 11.3 Å². The molecule has 37 heavy (non-hydrogen) atoms. The molecule has 1 amide bonds. The van der Waals surface area contributed by atoms with Crippen LogP contribution in [-0.4, -0.2) is 65.6 Å². The number of hydrogen-bond acceptors (Lipinski definition) is 5. The van der Waals surface area contributed by atoms with Gasteiger partial charge in [0, 0.05) is 43.5 Å². The van der Waals surface area contributed by atoms with Crippen molar-refractivity contribution >= 4 is 32.4 Å². The van der Waals surface area contributed by atoms with Gasteiger partial charge in [-0.2, -0.15) is 0 Å². The number of nitrogens with zero attached hydrogens (tertiary/aromatic N) is 3. The molecule has 4 aromatic rings. The van der Waals surface area contributed by atoms with Crippen LogP contribution in [0, 0.1) is 5.82 Å². The zero-order valence-electron chi connectivity index (χ0n) is 20.7. The molecule has 9 heteroatoms. The van der Waals surface area contributed by atoms with Crippen LogP contribution in [0.4, 0.5) is 8.78 Å². The molecule has 0 radical (unpaired) electrons. The van der Waals surface area contributed by atoms with E-state index in [1.54, 1.807) is 6.07 Å². The Bertz CT molecular complexity index is 1420. The first-order valence-electron chi connectivity index (χ1n) is 13.1. The van der Waals surface area contributed by atoms with Gasteiger partial charge in [0.05, 0.1) is 15.9 Å². The molecule has 0 spiro atoms. The van der Waals surface area contributed by atoms with Crippen molar-refractivity contribution < 1.29 is 13.6 Å². The van der Waals surface area contributed by atoms with E-state index >= 15 is 0 Å². The van der Waals surface area contributed by atoms with Crippen molar-refractivity contribution in [2.75, 3.05) is 39.3 Å².